The minimum absolute atomic E-state index is 0.0950. The molecular weight excluding hydrogens is 176 g/mol. The number of rotatable bonds is 2. The fourth-order valence-corrected chi connectivity index (χ4v) is 1.40. The molecule has 0 atom stereocenters. The smallest absolute Gasteiger partial charge is 0.126 e. The van der Waals surface area contributed by atoms with E-state index in [2.05, 4.69) is 0 Å². The normalized spacial score (nSPS) is 10.0. The average molecular weight is 187 g/mol. The van der Waals surface area contributed by atoms with Crippen molar-refractivity contribution in [3.8, 4) is 5.75 Å². The van der Waals surface area contributed by atoms with E-state index in [4.69, 9.17) is 21.4 Å². The maximum atomic E-state index is 8.96. The van der Waals surface area contributed by atoms with E-state index >= 15 is 0 Å². The lowest BCUT2D eigenvalue weighted by Gasteiger charge is -2.08. The standard InChI is InChI=1S/C9H11ClO2/c1-6-3-8(10)7(5-11)9(4-6)12-2/h3-4,11H,5H2,1-2H3. The highest BCUT2D eigenvalue weighted by Crippen LogP contribution is 2.27. The summed E-state index contributed by atoms with van der Waals surface area (Å²) in [5, 5.41) is 9.51. The molecule has 1 rings (SSSR count). The first-order valence-corrected chi connectivity index (χ1v) is 4.00. The van der Waals surface area contributed by atoms with Gasteiger partial charge in [-0.3, -0.25) is 0 Å². The molecule has 12 heavy (non-hydrogen) atoms. The van der Waals surface area contributed by atoms with E-state index in [0.29, 0.717) is 16.3 Å². The van der Waals surface area contributed by atoms with Crippen LogP contribution in [0.1, 0.15) is 11.1 Å². The molecule has 0 spiro atoms. The number of benzene rings is 1. The van der Waals surface area contributed by atoms with E-state index in [9.17, 15) is 0 Å². The predicted molar refractivity (Wildman–Crippen MR) is 48.7 cm³/mol. The minimum Gasteiger partial charge on any atom is -0.496 e. The summed E-state index contributed by atoms with van der Waals surface area (Å²) in [7, 11) is 1.56. The van der Waals surface area contributed by atoms with Gasteiger partial charge >= 0.3 is 0 Å². The van der Waals surface area contributed by atoms with Crippen molar-refractivity contribution < 1.29 is 9.84 Å². The lowest BCUT2D eigenvalue weighted by atomic mass is 10.1. The van der Waals surface area contributed by atoms with Crippen LogP contribution in [0.15, 0.2) is 12.1 Å². The maximum absolute atomic E-state index is 8.96. The quantitative estimate of drug-likeness (QED) is 0.767. The van der Waals surface area contributed by atoms with Crippen molar-refractivity contribution in [3.05, 3.63) is 28.3 Å². The summed E-state index contributed by atoms with van der Waals surface area (Å²) in [6.45, 7) is 1.83. The van der Waals surface area contributed by atoms with Crippen molar-refractivity contribution in [2.24, 2.45) is 0 Å². The van der Waals surface area contributed by atoms with Crippen molar-refractivity contribution in [1.82, 2.24) is 0 Å². The molecule has 0 saturated heterocycles. The van der Waals surface area contributed by atoms with Crippen molar-refractivity contribution in [3.63, 3.8) is 0 Å². The second-order valence-electron chi connectivity index (χ2n) is 2.59. The number of hydrogen-bond acceptors (Lipinski definition) is 2. The third-order valence-corrected chi connectivity index (χ3v) is 2.01. The molecule has 0 radical (unpaired) electrons. The molecule has 0 aliphatic rings. The van der Waals surface area contributed by atoms with Crippen LogP contribution >= 0.6 is 11.6 Å². The van der Waals surface area contributed by atoms with Crippen LogP contribution in [0.2, 0.25) is 5.02 Å². The Morgan fingerprint density at radius 3 is 2.67 bits per heavy atom. The maximum Gasteiger partial charge on any atom is 0.126 e. The lowest BCUT2D eigenvalue weighted by Crippen LogP contribution is -1.93. The Hall–Kier alpha value is -0.730. The summed E-state index contributed by atoms with van der Waals surface area (Å²) in [4.78, 5) is 0. The Morgan fingerprint density at radius 2 is 2.17 bits per heavy atom. The van der Waals surface area contributed by atoms with E-state index in [0.717, 1.165) is 5.56 Å². The molecule has 1 N–H and O–H groups in total. The second kappa shape index (κ2) is 3.78. The molecule has 0 bridgehead atoms. The van der Waals surface area contributed by atoms with Crippen LogP contribution in [0.25, 0.3) is 0 Å². The van der Waals surface area contributed by atoms with Gasteiger partial charge in [-0.1, -0.05) is 11.6 Å². The Morgan fingerprint density at radius 1 is 1.50 bits per heavy atom. The molecule has 0 aliphatic carbocycles. The molecule has 0 unspecified atom stereocenters. The Labute approximate surface area is 76.7 Å². The van der Waals surface area contributed by atoms with E-state index in [1.165, 1.54) is 0 Å². The van der Waals surface area contributed by atoms with Crippen LogP contribution in [0.4, 0.5) is 0 Å². The number of aliphatic hydroxyl groups is 1. The Kier molecular flexibility index (Phi) is 2.95. The largest absolute Gasteiger partial charge is 0.496 e. The summed E-state index contributed by atoms with van der Waals surface area (Å²) in [6, 6.07) is 3.65. The van der Waals surface area contributed by atoms with E-state index in [-0.39, 0.29) is 6.61 Å². The first-order valence-electron chi connectivity index (χ1n) is 3.63. The van der Waals surface area contributed by atoms with Crippen LogP contribution < -0.4 is 4.74 Å². The molecule has 3 heteroatoms. The average Bonchev–Trinajstić information content (AvgIpc) is 2.03. The zero-order valence-electron chi connectivity index (χ0n) is 7.10. The molecule has 1 aromatic rings. The van der Waals surface area contributed by atoms with Crippen LogP contribution in [-0.2, 0) is 6.61 Å². The summed E-state index contributed by atoms with van der Waals surface area (Å²) < 4.78 is 5.05. The first kappa shape index (κ1) is 9.36. The summed E-state index contributed by atoms with van der Waals surface area (Å²) >= 11 is 5.87. The zero-order valence-corrected chi connectivity index (χ0v) is 7.85. The molecule has 0 amide bonds. The molecule has 0 fully saturated rings. The third kappa shape index (κ3) is 1.71. The Balaban J connectivity index is 3.24. The summed E-state index contributed by atoms with van der Waals surface area (Å²) in [5.41, 5.74) is 1.67. The van der Waals surface area contributed by atoms with Crippen molar-refractivity contribution >= 4 is 11.6 Å². The van der Waals surface area contributed by atoms with Gasteiger partial charge < -0.3 is 9.84 Å². The highest BCUT2D eigenvalue weighted by Gasteiger charge is 2.06. The van der Waals surface area contributed by atoms with Gasteiger partial charge in [0.25, 0.3) is 0 Å². The van der Waals surface area contributed by atoms with Crippen LogP contribution in [0.5, 0.6) is 5.75 Å². The van der Waals surface area contributed by atoms with Gasteiger partial charge in [-0.15, -0.1) is 0 Å². The molecule has 0 heterocycles. The van der Waals surface area contributed by atoms with Gasteiger partial charge in [-0.25, -0.2) is 0 Å². The Bertz CT molecular complexity index is 284. The van der Waals surface area contributed by atoms with Crippen LogP contribution in [0.3, 0.4) is 0 Å². The van der Waals surface area contributed by atoms with Gasteiger partial charge in [0.15, 0.2) is 0 Å². The van der Waals surface area contributed by atoms with Gasteiger partial charge in [0, 0.05) is 5.56 Å². The van der Waals surface area contributed by atoms with Gasteiger partial charge in [-0.2, -0.15) is 0 Å². The topological polar surface area (TPSA) is 29.5 Å². The van der Waals surface area contributed by atoms with Crippen molar-refractivity contribution in [1.29, 1.82) is 0 Å². The fourth-order valence-electron chi connectivity index (χ4n) is 1.08. The monoisotopic (exact) mass is 186 g/mol. The lowest BCUT2D eigenvalue weighted by molar-refractivity contribution is 0.274. The van der Waals surface area contributed by atoms with Gasteiger partial charge in [0.05, 0.1) is 18.7 Å². The van der Waals surface area contributed by atoms with Gasteiger partial charge in [0.2, 0.25) is 0 Å². The molecular formula is C9H11ClO2. The fraction of sp³-hybridized carbons (Fsp3) is 0.333. The highest BCUT2D eigenvalue weighted by molar-refractivity contribution is 6.31. The van der Waals surface area contributed by atoms with Crippen molar-refractivity contribution in [2.75, 3.05) is 7.11 Å². The van der Waals surface area contributed by atoms with E-state index < -0.39 is 0 Å². The minimum atomic E-state index is -0.0950. The second-order valence-corrected chi connectivity index (χ2v) is 2.99. The first-order chi connectivity index (χ1) is 5.69. The van der Waals surface area contributed by atoms with Gasteiger partial charge in [0.1, 0.15) is 5.75 Å². The molecule has 2 nitrogen and oxygen atoms in total. The highest BCUT2D eigenvalue weighted by atomic mass is 35.5. The van der Waals surface area contributed by atoms with Gasteiger partial charge in [-0.05, 0) is 24.6 Å². The van der Waals surface area contributed by atoms with E-state index in [1.807, 2.05) is 13.0 Å². The van der Waals surface area contributed by atoms with Crippen LogP contribution in [0, 0.1) is 6.92 Å². The molecule has 0 aliphatic heterocycles. The number of ether oxygens (including phenoxy) is 1. The molecule has 66 valence electrons. The molecule has 1 aromatic carbocycles. The SMILES string of the molecule is COc1cc(C)cc(Cl)c1CO. The predicted octanol–water partition coefficient (Wildman–Crippen LogP) is 2.15. The molecule has 0 aromatic heterocycles. The van der Waals surface area contributed by atoms with Crippen molar-refractivity contribution in [2.45, 2.75) is 13.5 Å². The number of hydrogen-bond donors (Lipinski definition) is 1. The number of halogens is 1. The molecule has 0 saturated carbocycles. The summed E-state index contributed by atoms with van der Waals surface area (Å²) in [5.74, 6) is 0.641. The van der Waals surface area contributed by atoms with Crippen LogP contribution in [-0.4, -0.2) is 12.2 Å². The third-order valence-electron chi connectivity index (χ3n) is 1.68. The number of methoxy groups -OCH3 is 1. The zero-order chi connectivity index (χ0) is 9.14. The summed E-state index contributed by atoms with van der Waals surface area (Å²) in [6.07, 6.45) is 0. The number of aliphatic hydroxyl groups excluding tert-OH is 1. The number of aryl methyl sites for hydroxylation is 1. The van der Waals surface area contributed by atoms with E-state index in [1.54, 1.807) is 13.2 Å².